The van der Waals surface area contributed by atoms with Crippen LogP contribution in [0.1, 0.15) is 44.9 Å². The first-order chi connectivity index (χ1) is 10.7. The number of nitrogens with zero attached hydrogens (tertiary/aromatic N) is 2. The fourth-order valence-corrected chi connectivity index (χ4v) is 3.59. The van der Waals surface area contributed by atoms with E-state index in [0.717, 1.165) is 31.6 Å². The van der Waals surface area contributed by atoms with E-state index in [1.165, 1.54) is 32.1 Å². The van der Waals surface area contributed by atoms with Gasteiger partial charge in [-0.1, -0.05) is 31.4 Å². The van der Waals surface area contributed by atoms with Crippen LogP contribution in [-0.4, -0.2) is 30.2 Å². The molecular weight excluding hydrogens is 280 g/mol. The zero-order chi connectivity index (χ0) is 15.4. The molecule has 0 bridgehead atoms. The van der Waals surface area contributed by atoms with Crippen molar-refractivity contribution < 1.29 is 9.66 Å². The molecule has 1 saturated carbocycles. The Labute approximate surface area is 131 Å². The standard InChI is InChI=1S/C17H24N2O3/c20-19(21)17-9-5-4-8-16(17)18-12-10-15(11-13-18)22-14-6-2-1-3-7-14/h4-5,8-9,14-15H,1-3,6-7,10-13H2. The highest BCUT2D eigenvalue weighted by molar-refractivity contribution is 5.63. The molecule has 0 spiro atoms. The van der Waals surface area contributed by atoms with Crippen LogP contribution in [0.3, 0.4) is 0 Å². The summed E-state index contributed by atoms with van der Waals surface area (Å²) in [6, 6.07) is 7.02. The molecule has 0 amide bonds. The summed E-state index contributed by atoms with van der Waals surface area (Å²) in [6.07, 6.45) is 9.01. The van der Waals surface area contributed by atoms with Crippen LogP contribution in [0, 0.1) is 10.1 Å². The van der Waals surface area contributed by atoms with Gasteiger partial charge in [-0.25, -0.2) is 0 Å². The molecule has 5 heteroatoms. The van der Waals surface area contributed by atoms with Crippen LogP contribution in [0.25, 0.3) is 0 Å². The number of anilines is 1. The van der Waals surface area contributed by atoms with Crippen LogP contribution in [-0.2, 0) is 4.74 Å². The largest absolute Gasteiger partial charge is 0.375 e. The fraction of sp³-hybridized carbons (Fsp3) is 0.647. The van der Waals surface area contributed by atoms with E-state index in [2.05, 4.69) is 4.90 Å². The highest BCUT2D eigenvalue weighted by atomic mass is 16.6. The van der Waals surface area contributed by atoms with Gasteiger partial charge in [0.05, 0.1) is 17.1 Å². The monoisotopic (exact) mass is 304 g/mol. The second-order valence-corrected chi connectivity index (χ2v) is 6.33. The molecule has 22 heavy (non-hydrogen) atoms. The Morgan fingerprint density at radius 3 is 2.32 bits per heavy atom. The first-order valence-electron chi connectivity index (χ1n) is 8.38. The van der Waals surface area contributed by atoms with Crippen molar-refractivity contribution in [1.82, 2.24) is 0 Å². The average Bonchev–Trinajstić information content (AvgIpc) is 2.56. The lowest BCUT2D eigenvalue weighted by Gasteiger charge is -2.35. The third-order valence-corrected chi connectivity index (χ3v) is 4.80. The van der Waals surface area contributed by atoms with Crippen molar-refractivity contribution in [3.8, 4) is 0 Å². The lowest BCUT2D eigenvalue weighted by molar-refractivity contribution is -0.384. The molecule has 0 atom stereocenters. The SMILES string of the molecule is O=[N+]([O-])c1ccccc1N1CCC(OC2CCCCC2)CC1. The molecule has 1 aliphatic heterocycles. The maximum Gasteiger partial charge on any atom is 0.292 e. The minimum absolute atomic E-state index is 0.203. The Bertz CT molecular complexity index is 506. The number of piperidine rings is 1. The highest BCUT2D eigenvalue weighted by Gasteiger charge is 2.26. The van der Waals surface area contributed by atoms with Gasteiger partial charge in [0.25, 0.3) is 5.69 Å². The van der Waals surface area contributed by atoms with Gasteiger partial charge in [-0.2, -0.15) is 0 Å². The van der Waals surface area contributed by atoms with Gasteiger partial charge in [0, 0.05) is 19.2 Å². The van der Waals surface area contributed by atoms with Crippen molar-refractivity contribution in [3.63, 3.8) is 0 Å². The van der Waals surface area contributed by atoms with Crippen LogP contribution in [0.5, 0.6) is 0 Å². The van der Waals surface area contributed by atoms with Crippen molar-refractivity contribution in [2.24, 2.45) is 0 Å². The number of ether oxygens (including phenoxy) is 1. The van der Waals surface area contributed by atoms with Crippen molar-refractivity contribution in [1.29, 1.82) is 0 Å². The number of hydrogen-bond donors (Lipinski definition) is 0. The molecule has 0 unspecified atom stereocenters. The van der Waals surface area contributed by atoms with Crippen LogP contribution in [0.15, 0.2) is 24.3 Å². The van der Waals surface area contributed by atoms with Crippen molar-refractivity contribution in [3.05, 3.63) is 34.4 Å². The molecule has 2 aliphatic rings. The van der Waals surface area contributed by atoms with E-state index in [1.807, 2.05) is 12.1 Å². The summed E-state index contributed by atoms with van der Waals surface area (Å²) in [7, 11) is 0. The molecule has 1 heterocycles. The molecule has 3 rings (SSSR count). The predicted octanol–water partition coefficient (Wildman–Crippen LogP) is 3.91. The molecule has 0 aromatic heterocycles. The number of para-hydroxylation sites is 2. The fourth-order valence-electron chi connectivity index (χ4n) is 3.59. The van der Waals surface area contributed by atoms with Gasteiger partial charge in [0.2, 0.25) is 0 Å². The molecule has 0 N–H and O–H groups in total. The summed E-state index contributed by atoms with van der Waals surface area (Å²) in [6.45, 7) is 1.67. The van der Waals surface area contributed by atoms with E-state index >= 15 is 0 Å². The number of benzene rings is 1. The summed E-state index contributed by atoms with van der Waals surface area (Å²) in [5.74, 6) is 0. The van der Waals surface area contributed by atoms with Crippen LogP contribution < -0.4 is 4.90 Å². The summed E-state index contributed by atoms with van der Waals surface area (Å²) in [4.78, 5) is 13.0. The molecule has 1 aromatic rings. The Hall–Kier alpha value is -1.62. The van der Waals surface area contributed by atoms with E-state index in [1.54, 1.807) is 12.1 Å². The van der Waals surface area contributed by atoms with E-state index in [0.29, 0.717) is 12.2 Å². The van der Waals surface area contributed by atoms with Crippen molar-refractivity contribution in [2.45, 2.75) is 57.2 Å². The molecular formula is C17H24N2O3. The van der Waals surface area contributed by atoms with Crippen LogP contribution in [0.2, 0.25) is 0 Å². The molecule has 1 aromatic carbocycles. The third kappa shape index (κ3) is 3.58. The van der Waals surface area contributed by atoms with E-state index in [9.17, 15) is 10.1 Å². The second kappa shape index (κ2) is 7.09. The summed E-state index contributed by atoms with van der Waals surface area (Å²) < 4.78 is 6.23. The van der Waals surface area contributed by atoms with Gasteiger partial charge < -0.3 is 9.64 Å². The normalized spacial score (nSPS) is 21.0. The summed E-state index contributed by atoms with van der Waals surface area (Å²) >= 11 is 0. The minimum atomic E-state index is -0.292. The molecule has 5 nitrogen and oxygen atoms in total. The smallest absolute Gasteiger partial charge is 0.292 e. The van der Waals surface area contributed by atoms with Gasteiger partial charge in [-0.3, -0.25) is 10.1 Å². The van der Waals surface area contributed by atoms with E-state index in [-0.39, 0.29) is 10.6 Å². The van der Waals surface area contributed by atoms with Gasteiger partial charge in [0.1, 0.15) is 5.69 Å². The summed E-state index contributed by atoms with van der Waals surface area (Å²) in [5, 5.41) is 11.1. The maximum atomic E-state index is 11.1. The second-order valence-electron chi connectivity index (χ2n) is 6.33. The number of hydrogen-bond acceptors (Lipinski definition) is 4. The van der Waals surface area contributed by atoms with E-state index in [4.69, 9.17) is 4.74 Å². The number of nitro benzene ring substituents is 1. The zero-order valence-electron chi connectivity index (χ0n) is 12.9. The number of rotatable bonds is 4. The highest BCUT2D eigenvalue weighted by Crippen LogP contribution is 2.31. The van der Waals surface area contributed by atoms with E-state index < -0.39 is 0 Å². The lowest BCUT2D eigenvalue weighted by atomic mass is 9.97. The Balaban J connectivity index is 1.56. The van der Waals surface area contributed by atoms with Gasteiger partial charge in [0.15, 0.2) is 0 Å². The number of nitro groups is 1. The first kappa shape index (κ1) is 15.3. The van der Waals surface area contributed by atoms with Gasteiger partial charge in [-0.15, -0.1) is 0 Å². The average molecular weight is 304 g/mol. The molecule has 1 aliphatic carbocycles. The third-order valence-electron chi connectivity index (χ3n) is 4.80. The van der Waals surface area contributed by atoms with Gasteiger partial charge in [-0.05, 0) is 31.7 Å². The molecule has 0 radical (unpaired) electrons. The van der Waals surface area contributed by atoms with Crippen LogP contribution >= 0.6 is 0 Å². The quantitative estimate of drug-likeness (QED) is 0.625. The predicted molar refractivity (Wildman–Crippen MR) is 86.3 cm³/mol. The lowest BCUT2D eigenvalue weighted by Crippen LogP contribution is -2.39. The molecule has 120 valence electrons. The maximum absolute atomic E-state index is 11.1. The Morgan fingerprint density at radius 1 is 1.00 bits per heavy atom. The van der Waals surface area contributed by atoms with Crippen molar-refractivity contribution in [2.75, 3.05) is 18.0 Å². The van der Waals surface area contributed by atoms with Crippen LogP contribution in [0.4, 0.5) is 11.4 Å². The molecule has 2 fully saturated rings. The zero-order valence-corrected chi connectivity index (χ0v) is 12.9. The Kier molecular flexibility index (Phi) is 4.93. The first-order valence-corrected chi connectivity index (χ1v) is 8.38. The molecule has 1 saturated heterocycles. The topological polar surface area (TPSA) is 55.6 Å². The summed E-state index contributed by atoms with van der Waals surface area (Å²) in [5.41, 5.74) is 0.942. The van der Waals surface area contributed by atoms with Gasteiger partial charge >= 0.3 is 0 Å². The minimum Gasteiger partial charge on any atom is -0.375 e. The van der Waals surface area contributed by atoms with Crippen molar-refractivity contribution >= 4 is 11.4 Å². The Morgan fingerprint density at radius 2 is 1.64 bits per heavy atom.